The second-order valence-corrected chi connectivity index (χ2v) is 7.01. The summed E-state index contributed by atoms with van der Waals surface area (Å²) in [7, 11) is 0. The van der Waals surface area contributed by atoms with E-state index >= 15 is 0 Å². The van der Waals surface area contributed by atoms with Crippen LogP contribution in [0.4, 0.5) is 36.4 Å². The Balaban J connectivity index is 1.97. The second kappa shape index (κ2) is 8.30. The average molecular weight is 479 g/mol. The number of cyclic esters (lactones) is 2. The normalized spacial score (nSPS) is 15.6. The molecule has 0 bridgehead atoms. The highest BCUT2D eigenvalue weighted by molar-refractivity contribution is 6.15. The maximum absolute atomic E-state index is 14.1. The lowest BCUT2D eigenvalue weighted by molar-refractivity contribution is -0.222. The van der Waals surface area contributed by atoms with Crippen molar-refractivity contribution >= 4 is 17.6 Å². The number of ether oxygens (including phenoxy) is 3. The molecule has 33 heavy (non-hydrogen) atoms. The topological polar surface area (TPSA) is 73.9 Å². The molecule has 0 radical (unpaired) electrons. The molecule has 0 saturated carbocycles. The van der Waals surface area contributed by atoms with E-state index in [1.807, 2.05) is 0 Å². The molecular weight excluding hydrogens is 467 g/mol. The summed E-state index contributed by atoms with van der Waals surface area (Å²) in [5, 5.41) is 2.21. The number of nitrogens with one attached hydrogen (secondary N) is 1. The Labute approximate surface area is 180 Å². The van der Waals surface area contributed by atoms with Crippen molar-refractivity contribution in [2.75, 3.05) is 5.32 Å². The van der Waals surface area contributed by atoms with E-state index in [1.165, 1.54) is 13.8 Å². The molecule has 0 unspecified atom stereocenters. The third-order valence-corrected chi connectivity index (χ3v) is 4.05. The summed E-state index contributed by atoms with van der Waals surface area (Å²) in [5.41, 5.74) is -2.89. The van der Waals surface area contributed by atoms with Gasteiger partial charge in [-0.15, -0.1) is 0 Å². The molecule has 176 valence electrons. The molecule has 1 aliphatic rings. The van der Waals surface area contributed by atoms with Crippen LogP contribution in [0.15, 0.2) is 36.0 Å². The van der Waals surface area contributed by atoms with Gasteiger partial charge in [0.1, 0.15) is 0 Å². The van der Waals surface area contributed by atoms with E-state index in [4.69, 9.17) is 14.2 Å². The van der Waals surface area contributed by atoms with E-state index in [-0.39, 0.29) is 12.1 Å². The van der Waals surface area contributed by atoms with E-state index < -0.39 is 75.5 Å². The quantitative estimate of drug-likeness (QED) is 0.282. The van der Waals surface area contributed by atoms with Gasteiger partial charge < -0.3 is 19.5 Å². The Morgan fingerprint density at radius 3 is 1.91 bits per heavy atom. The van der Waals surface area contributed by atoms with Gasteiger partial charge in [-0.1, -0.05) is 0 Å². The molecule has 1 N–H and O–H groups in total. The molecule has 1 fully saturated rings. The summed E-state index contributed by atoms with van der Waals surface area (Å²) in [5.74, 6) is -12.5. The lowest BCUT2D eigenvalue weighted by Gasteiger charge is -2.29. The third-order valence-electron chi connectivity index (χ3n) is 4.05. The largest absolute Gasteiger partial charge is 0.449 e. The van der Waals surface area contributed by atoms with Crippen LogP contribution in [0, 0.1) is 23.3 Å². The third kappa shape index (κ3) is 5.18. The Morgan fingerprint density at radius 1 is 0.879 bits per heavy atom. The number of hydrogen-bond acceptors (Lipinski definition) is 6. The minimum atomic E-state index is -5.06. The predicted molar refractivity (Wildman–Crippen MR) is 95.8 cm³/mol. The Kier molecular flexibility index (Phi) is 6.00. The fourth-order valence-corrected chi connectivity index (χ4v) is 2.59. The number of rotatable bonds is 4. The van der Waals surface area contributed by atoms with Crippen LogP contribution in [0.25, 0.3) is 0 Å². The molecule has 1 heterocycles. The number of hydrogen-bond donors (Lipinski definition) is 1. The highest BCUT2D eigenvalue weighted by Gasteiger charge is 2.39. The number of esters is 2. The van der Waals surface area contributed by atoms with Crippen LogP contribution in [0.3, 0.4) is 0 Å². The van der Waals surface area contributed by atoms with Crippen molar-refractivity contribution in [2.24, 2.45) is 0 Å². The van der Waals surface area contributed by atoms with Gasteiger partial charge in [0.2, 0.25) is 0 Å². The first kappa shape index (κ1) is 23.9. The zero-order chi connectivity index (χ0) is 24.7. The van der Waals surface area contributed by atoms with Crippen LogP contribution < -0.4 is 10.1 Å². The van der Waals surface area contributed by atoms with Crippen LogP contribution in [-0.2, 0) is 25.2 Å². The molecule has 0 aromatic heterocycles. The molecule has 2 aromatic carbocycles. The number of anilines is 1. The number of carbonyl (C=O) groups is 2. The predicted octanol–water partition coefficient (Wildman–Crippen LogP) is 5.19. The van der Waals surface area contributed by atoms with E-state index in [9.17, 15) is 40.3 Å². The monoisotopic (exact) mass is 479 g/mol. The molecule has 1 saturated heterocycles. The van der Waals surface area contributed by atoms with Gasteiger partial charge in [-0.05, 0) is 12.1 Å². The maximum atomic E-state index is 14.1. The van der Waals surface area contributed by atoms with E-state index in [2.05, 4.69) is 5.32 Å². The van der Waals surface area contributed by atoms with Crippen molar-refractivity contribution in [2.45, 2.75) is 25.8 Å². The van der Waals surface area contributed by atoms with Crippen LogP contribution in [0.2, 0.25) is 0 Å². The van der Waals surface area contributed by atoms with Gasteiger partial charge in [-0.3, -0.25) is 0 Å². The first-order valence-corrected chi connectivity index (χ1v) is 8.84. The average Bonchev–Trinajstić information content (AvgIpc) is 2.65. The molecule has 0 atom stereocenters. The van der Waals surface area contributed by atoms with Crippen molar-refractivity contribution in [1.82, 2.24) is 0 Å². The highest BCUT2D eigenvalue weighted by atomic mass is 19.4. The van der Waals surface area contributed by atoms with Crippen LogP contribution in [-0.4, -0.2) is 17.7 Å². The summed E-state index contributed by atoms with van der Waals surface area (Å²) in [6.45, 7) is 2.56. The smallest absolute Gasteiger partial charge is 0.416 e. The molecule has 3 rings (SSSR count). The summed E-state index contributed by atoms with van der Waals surface area (Å²) in [6.07, 6.45) is -4.38. The molecule has 13 heteroatoms. The Morgan fingerprint density at radius 2 is 1.39 bits per heavy atom. The molecule has 6 nitrogen and oxygen atoms in total. The van der Waals surface area contributed by atoms with E-state index in [1.54, 1.807) is 0 Å². The lowest BCUT2D eigenvalue weighted by atomic mass is 10.2. The van der Waals surface area contributed by atoms with Crippen molar-refractivity contribution < 1.29 is 54.5 Å². The van der Waals surface area contributed by atoms with Gasteiger partial charge >= 0.3 is 18.1 Å². The summed E-state index contributed by atoms with van der Waals surface area (Å²) in [4.78, 5) is 23.9. The summed E-state index contributed by atoms with van der Waals surface area (Å²) >= 11 is 0. The molecule has 2 aromatic rings. The summed E-state index contributed by atoms with van der Waals surface area (Å²) in [6, 6.07) is 0.685. The standard InChI is InChI=1S/C20H12F7NO5/c1-19(2)32-17(29)9(18(30)33-19)7-28-14-5-10(21)11(22)6-15(14)31-16-12(23)3-8(4-13(16)24)20(25,26)27/h3-7,28H,1-2H3. The first-order valence-electron chi connectivity index (χ1n) is 8.84. The first-order chi connectivity index (χ1) is 15.2. The summed E-state index contributed by atoms with van der Waals surface area (Å²) < 4.78 is 108. The second-order valence-electron chi connectivity index (χ2n) is 7.01. The Bertz CT molecular complexity index is 1130. The van der Waals surface area contributed by atoms with Crippen molar-refractivity contribution in [1.29, 1.82) is 0 Å². The molecule has 0 spiro atoms. The minimum Gasteiger partial charge on any atom is -0.449 e. The highest BCUT2D eigenvalue weighted by Crippen LogP contribution is 2.38. The van der Waals surface area contributed by atoms with Crippen molar-refractivity contribution in [3.8, 4) is 11.5 Å². The zero-order valence-corrected chi connectivity index (χ0v) is 16.6. The van der Waals surface area contributed by atoms with Gasteiger partial charge in [0.05, 0.1) is 11.3 Å². The molecule has 0 amide bonds. The maximum Gasteiger partial charge on any atom is 0.416 e. The number of alkyl halides is 3. The van der Waals surface area contributed by atoms with Gasteiger partial charge in [0.25, 0.3) is 5.79 Å². The minimum absolute atomic E-state index is 0.0524. The Hall–Kier alpha value is -3.77. The van der Waals surface area contributed by atoms with E-state index in [0.717, 1.165) is 0 Å². The van der Waals surface area contributed by atoms with E-state index in [0.29, 0.717) is 18.3 Å². The van der Waals surface area contributed by atoms with Crippen molar-refractivity contribution in [3.63, 3.8) is 0 Å². The van der Waals surface area contributed by atoms with Gasteiger partial charge in [-0.25, -0.2) is 27.2 Å². The van der Waals surface area contributed by atoms with Crippen molar-refractivity contribution in [3.05, 3.63) is 64.9 Å². The van der Waals surface area contributed by atoms with Gasteiger partial charge in [0, 0.05) is 32.2 Å². The zero-order valence-electron chi connectivity index (χ0n) is 16.6. The molecular formula is C20H12F7NO5. The lowest BCUT2D eigenvalue weighted by Crippen LogP contribution is -2.42. The number of halogens is 7. The SMILES string of the molecule is CC1(C)OC(=O)C(=CNc2cc(F)c(F)cc2Oc2c(F)cc(C(F)(F)F)cc2F)C(=O)O1. The van der Waals surface area contributed by atoms with Gasteiger partial charge in [0.15, 0.2) is 40.3 Å². The number of carbonyl (C=O) groups excluding carboxylic acids is 2. The van der Waals surface area contributed by atoms with Crippen LogP contribution in [0.5, 0.6) is 11.5 Å². The number of benzene rings is 2. The van der Waals surface area contributed by atoms with Crippen LogP contribution in [0.1, 0.15) is 19.4 Å². The van der Waals surface area contributed by atoms with Crippen LogP contribution >= 0.6 is 0 Å². The molecule has 0 aliphatic carbocycles. The fraction of sp³-hybridized carbons (Fsp3) is 0.200. The molecule has 1 aliphatic heterocycles. The fourth-order valence-electron chi connectivity index (χ4n) is 2.59. The van der Waals surface area contributed by atoms with Gasteiger partial charge in [-0.2, -0.15) is 13.2 Å².